The van der Waals surface area contributed by atoms with Crippen molar-refractivity contribution in [1.29, 1.82) is 0 Å². The van der Waals surface area contributed by atoms with Gasteiger partial charge in [0.25, 0.3) is 0 Å². The van der Waals surface area contributed by atoms with Gasteiger partial charge >= 0.3 is 0 Å². The Hall–Kier alpha value is -1.84. The molecule has 3 aromatic rings. The van der Waals surface area contributed by atoms with E-state index in [0.29, 0.717) is 11.6 Å². The van der Waals surface area contributed by atoms with Crippen LogP contribution in [0.2, 0.25) is 5.02 Å². The quantitative estimate of drug-likeness (QED) is 0.800. The monoisotopic (exact) mass is 299 g/mol. The number of aryl methyl sites for hydroxylation is 2. The zero-order chi connectivity index (χ0) is 15.0. The fraction of sp³-hybridized carbons (Fsp3) is 0.235. The molecule has 108 valence electrons. The molecule has 21 heavy (non-hydrogen) atoms. The molecular formula is C17H18ClN3. The highest BCUT2D eigenvalue weighted by Gasteiger charge is 2.16. The predicted octanol–water partition coefficient (Wildman–Crippen LogP) is 3.77. The summed E-state index contributed by atoms with van der Waals surface area (Å²) in [5, 5.41) is 0.659. The van der Waals surface area contributed by atoms with Gasteiger partial charge in [0.05, 0.1) is 16.4 Å². The van der Waals surface area contributed by atoms with Gasteiger partial charge in [0.1, 0.15) is 0 Å². The van der Waals surface area contributed by atoms with E-state index in [0.717, 1.165) is 29.0 Å². The maximum absolute atomic E-state index is 6.28. The van der Waals surface area contributed by atoms with Crippen LogP contribution in [-0.2, 0) is 6.42 Å². The molecule has 0 aliphatic rings. The standard InChI is InChI=1S/C17H18ClN3/c1-11-5-6-13(12(2)10-11)16-15(7-8-19)21-9-3-4-14(18)17(21)20-16/h3-6,9-10H,7-8,19H2,1-2H3. The van der Waals surface area contributed by atoms with Crippen molar-refractivity contribution in [2.75, 3.05) is 6.54 Å². The molecule has 0 aliphatic heterocycles. The van der Waals surface area contributed by atoms with Crippen molar-refractivity contribution in [2.24, 2.45) is 5.73 Å². The topological polar surface area (TPSA) is 43.3 Å². The lowest BCUT2D eigenvalue weighted by Gasteiger charge is -2.07. The first-order valence-corrected chi connectivity index (χ1v) is 7.42. The van der Waals surface area contributed by atoms with Crippen LogP contribution in [0, 0.1) is 13.8 Å². The number of imidazole rings is 1. The van der Waals surface area contributed by atoms with Crippen LogP contribution < -0.4 is 5.73 Å². The molecule has 4 heteroatoms. The van der Waals surface area contributed by atoms with Gasteiger partial charge in [0.2, 0.25) is 0 Å². The second kappa shape index (κ2) is 5.51. The van der Waals surface area contributed by atoms with Crippen LogP contribution in [0.25, 0.3) is 16.9 Å². The first kappa shape index (κ1) is 14.1. The van der Waals surface area contributed by atoms with Crippen LogP contribution in [-0.4, -0.2) is 15.9 Å². The number of hydrogen-bond donors (Lipinski definition) is 1. The van der Waals surface area contributed by atoms with E-state index in [-0.39, 0.29) is 0 Å². The molecule has 0 unspecified atom stereocenters. The maximum Gasteiger partial charge on any atom is 0.156 e. The smallest absolute Gasteiger partial charge is 0.156 e. The van der Waals surface area contributed by atoms with Crippen LogP contribution in [0.5, 0.6) is 0 Å². The number of pyridine rings is 1. The first-order chi connectivity index (χ1) is 10.1. The molecule has 3 rings (SSSR count). The second-order valence-corrected chi connectivity index (χ2v) is 5.72. The molecule has 3 nitrogen and oxygen atoms in total. The molecule has 0 radical (unpaired) electrons. The van der Waals surface area contributed by atoms with Crippen molar-refractivity contribution in [3.05, 3.63) is 58.4 Å². The molecule has 0 aliphatic carbocycles. The minimum absolute atomic E-state index is 0.582. The maximum atomic E-state index is 6.28. The number of fused-ring (bicyclic) bond motifs is 1. The zero-order valence-electron chi connectivity index (χ0n) is 12.2. The Labute approximate surface area is 129 Å². The molecule has 0 fully saturated rings. The number of hydrogen-bond acceptors (Lipinski definition) is 2. The SMILES string of the molecule is Cc1ccc(-c2nc3c(Cl)cccn3c2CCN)c(C)c1. The van der Waals surface area contributed by atoms with Gasteiger partial charge in [0.15, 0.2) is 5.65 Å². The van der Waals surface area contributed by atoms with Crippen molar-refractivity contribution < 1.29 is 0 Å². The Bertz CT molecular complexity index is 805. The van der Waals surface area contributed by atoms with Gasteiger partial charge in [-0.3, -0.25) is 0 Å². The Balaban J connectivity index is 2.30. The van der Waals surface area contributed by atoms with Gasteiger partial charge in [-0.15, -0.1) is 0 Å². The molecule has 2 aromatic heterocycles. The van der Waals surface area contributed by atoms with E-state index in [2.05, 4.69) is 32.0 Å². The number of nitrogens with two attached hydrogens (primary N) is 1. The van der Waals surface area contributed by atoms with Crippen molar-refractivity contribution in [3.63, 3.8) is 0 Å². The predicted molar refractivity (Wildman–Crippen MR) is 87.9 cm³/mol. The summed E-state index contributed by atoms with van der Waals surface area (Å²) in [6, 6.07) is 10.2. The lowest BCUT2D eigenvalue weighted by atomic mass is 10.0. The summed E-state index contributed by atoms with van der Waals surface area (Å²) >= 11 is 6.28. The number of halogens is 1. The highest BCUT2D eigenvalue weighted by atomic mass is 35.5. The summed E-state index contributed by atoms with van der Waals surface area (Å²) < 4.78 is 2.05. The van der Waals surface area contributed by atoms with Gasteiger partial charge in [-0.25, -0.2) is 4.98 Å². The van der Waals surface area contributed by atoms with Gasteiger partial charge in [-0.2, -0.15) is 0 Å². The van der Waals surface area contributed by atoms with E-state index in [1.807, 2.05) is 22.7 Å². The largest absolute Gasteiger partial charge is 0.330 e. The summed E-state index contributed by atoms with van der Waals surface area (Å²) in [5.74, 6) is 0. The summed E-state index contributed by atoms with van der Waals surface area (Å²) in [6.07, 6.45) is 2.76. The fourth-order valence-electron chi connectivity index (χ4n) is 2.75. The first-order valence-electron chi connectivity index (χ1n) is 7.05. The van der Waals surface area contributed by atoms with E-state index >= 15 is 0 Å². The fourth-order valence-corrected chi connectivity index (χ4v) is 2.96. The lowest BCUT2D eigenvalue weighted by molar-refractivity contribution is 0.907. The van der Waals surface area contributed by atoms with E-state index in [1.165, 1.54) is 11.1 Å². The summed E-state index contributed by atoms with van der Waals surface area (Å²) in [5.41, 5.74) is 12.3. The summed E-state index contributed by atoms with van der Waals surface area (Å²) in [7, 11) is 0. The summed E-state index contributed by atoms with van der Waals surface area (Å²) in [6.45, 7) is 4.79. The van der Waals surface area contributed by atoms with E-state index < -0.39 is 0 Å². The Morgan fingerprint density at radius 3 is 2.76 bits per heavy atom. The Morgan fingerprint density at radius 1 is 1.24 bits per heavy atom. The van der Waals surface area contributed by atoms with Crippen molar-refractivity contribution >= 4 is 17.2 Å². The van der Waals surface area contributed by atoms with Crippen molar-refractivity contribution in [3.8, 4) is 11.3 Å². The number of benzene rings is 1. The number of nitrogens with zero attached hydrogens (tertiary/aromatic N) is 2. The molecule has 0 saturated carbocycles. The van der Waals surface area contributed by atoms with Crippen LogP contribution in [0.3, 0.4) is 0 Å². The molecule has 0 saturated heterocycles. The van der Waals surface area contributed by atoms with Crippen LogP contribution in [0.15, 0.2) is 36.5 Å². The highest BCUT2D eigenvalue weighted by molar-refractivity contribution is 6.33. The average Bonchev–Trinajstić information content (AvgIpc) is 2.80. The zero-order valence-corrected chi connectivity index (χ0v) is 13.0. The highest BCUT2D eigenvalue weighted by Crippen LogP contribution is 2.30. The van der Waals surface area contributed by atoms with Crippen LogP contribution >= 0.6 is 11.6 Å². The minimum atomic E-state index is 0.582. The molecule has 0 spiro atoms. The lowest BCUT2D eigenvalue weighted by Crippen LogP contribution is -2.06. The molecule has 2 heterocycles. The second-order valence-electron chi connectivity index (χ2n) is 5.31. The van der Waals surface area contributed by atoms with Crippen molar-refractivity contribution in [2.45, 2.75) is 20.3 Å². The van der Waals surface area contributed by atoms with Crippen LogP contribution in [0.4, 0.5) is 0 Å². The molecule has 0 bridgehead atoms. The van der Waals surface area contributed by atoms with Gasteiger partial charge in [-0.05, 0) is 38.1 Å². The van der Waals surface area contributed by atoms with Crippen molar-refractivity contribution in [1.82, 2.24) is 9.38 Å². The molecular weight excluding hydrogens is 282 g/mol. The number of rotatable bonds is 3. The number of aromatic nitrogens is 2. The Kier molecular flexibility index (Phi) is 3.70. The Morgan fingerprint density at radius 2 is 2.05 bits per heavy atom. The normalized spacial score (nSPS) is 11.2. The summed E-state index contributed by atoms with van der Waals surface area (Å²) in [4.78, 5) is 4.77. The van der Waals surface area contributed by atoms with Gasteiger partial charge in [-0.1, -0.05) is 35.4 Å². The third kappa shape index (κ3) is 2.43. The average molecular weight is 300 g/mol. The third-order valence-corrected chi connectivity index (χ3v) is 4.01. The molecule has 0 amide bonds. The molecule has 2 N–H and O–H groups in total. The minimum Gasteiger partial charge on any atom is -0.330 e. The van der Waals surface area contributed by atoms with E-state index in [1.54, 1.807) is 0 Å². The van der Waals surface area contributed by atoms with E-state index in [9.17, 15) is 0 Å². The molecule has 0 atom stereocenters. The van der Waals surface area contributed by atoms with Gasteiger partial charge < -0.3 is 10.1 Å². The van der Waals surface area contributed by atoms with Gasteiger partial charge in [0, 0.05) is 18.2 Å². The molecule has 1 aromatic carbocycles. The van der Waals surface area contributed by atoms with Crippen LogP contribution in [0.1, 0.15) is 16.8 Å². The third-order valence-electron chi connectivity index (χ3n) is 3.72. The van der Waals surface area contributed by atoms with E-state index in [4.69, 9.17) is 22.3 Å².